The molecule has 1 N–H and O–H groups in total. The van der Waals surface area contributed by atoms with Crippen LogP contribution in [0.1, 0.15) is 16.7 Å². The van der Waals surface area contributed by atoms with E-state index in [1.165, 1.54) is 28.5 Å². The predicted molar refractivity (Wildman–Crippen MR) is 111 cm³/mol. The zero-order valence-electron chi connectivity index (χ0n) is 15.0. The summed E-state index contributed by atoms with van der Waals surface area (Å²) in [5.41, 5.74) is 3.39. The Morgan fingerprint density at radius 2 is 1.89 bits per heavy atom. The first-order valence-electron chi connectivity index (χ1n) is 8.27. The van der Waals surface area contributed by atoms with Gasteiger partial charge in [0.05, 0.1) is 7.11 Å². The van der Waals surface area contributed by atoms with E-state index in [1.807, 2.05) is 24.3 Å². The van der Waals surface area contributed by atoms with E-state index < -0.39 is 0 Å². The maximum absolute atomic E-state index is 12.0. The molecule has 3 rings (SSSR count). The Labute approximate surface area is 166 Å². The minimum atomic E-state index is -0.239. The highest BCUT2D eigenvalue weighted by atomic mass is 32.2. The number of thioether (sulfide) groups is 1. The lowest BCUT2D eigenvalue weighted by Crippen LogP contribution is -2.07. The van der Waals surface area contributed by atoms with E-state index in [9.17, 15) is 4.79 Å². The molecule has 0 unspecified atom stereocenters. The summed E-state index contributed by atoms with van der Waals surface area (Å²) >= 11 is 2.97. The Morgan fingerprint density at radius 1 is 1.15 bits per heavy atom. The monoisotopic (exact) mass is 397 g/mol. The van der Waals surface area contributed by atoms with Crippen molar-refractivity contribution in [1.29, 1.82) is 0 Å². The van der Waals surface area contributed by atoms with Crippen molar-refractivity contribution in [3.63, 3.8) is 0 Å². The van der Waals surface area contributed by atoms with Crippen LogP contribution in [0, 0.1) is 6.92 Å². The van der Waals surface area contributed by atoms with Gasteiger partial charge in [0, 0.05) is 11.8 Å². The van der Waals surface area contributed by atoms with Crippen molar-refractivity contribution in [1.82, 2.24) is 10.2 Å². The second kappa shape index (κ2) is 9.34. The van der Waals surface area contributed by atoms with Crippen LogP contribution in [0.2, 0.25) is 0 Å². The molecule has 27 heavy (non-hydrogen) atoms. The molecule has 0 aliphatic heterocycles. The number of nitrogens with one attached hydrogen (secondary N) is 1. The molecule has 0 saturated heterocycles. The number of methoxy groups -OCH3 is 1. The minimum Gasteiger partial charge on any atom is -0.497 e. The standard InChI is InChI=1S/C20H19N3O2S2/c1-14-3-5-16(6-4-14)13-26-20-23-22-19(27-20)21-18(24)12-9-15-7-10-17(25-2)11-8-15/h3-12H,13H2,1-2H3,(H,21,22,24)/b12-9+. The fraction of sp³-hybridized carbons (Fsp3) is 0.150. The third-order valence-electron chi connectivity index (χ3n) is 3.66. The van der Waals surface area contributed by atoms with Crippen molar-refractivity contribution < 1.29 is 9.53 Å². The minimum absolute atomic E-state index is 0.239. The van der Waals surface area contributed by atoms with Crippen LogP contribution in [-0.2, 0) is 10.5 Å². The van der Waals surface area contributed by atoms with Crippen molar-refractivity contribution in [2.75, 3.05) is 12.4 Å². The number of carbonyl (C=O) groups excluding carboxylic acids is 1. The van der Waals surface area contributed by atoms with Crippen LogP contribution in [0.3, 0.4) is 0 Å². The smallest absolute Gasteiger partial charge is 0.250 e. The molecule has 0 bridgehead atoms. The first-order chi connectivity index (χ1) is 13.1. The van der Waals surface area contributed by atoms with Crippen LogP contribution < -0.4 is 10.1 Å². The van der Waals surface area contributed by atoms with Crippen molar-refractivity contribution in [3.8, 4) is 5.75 Å². The lowest BCUT2D eigenvalue weighted by Gasteiger charge is -1.99. The van der Waals surface area contributed by atoms with Gasteiger partial charge in [-0.2, -0.15) is 0 Å². The van der Waals surface area contributed by atoms with Gasteiger partial charge in [-0.1, -0.05) is 65.1 Å². The van der Waals surface area contributed by atoms with E-state index in [1.54, 1.807) is 24.9 Å². The molecule has 0 saturated carbocycles. The molecular weight excluding hydrogens is 378 g/mol. The number of hydrogen-bond donors (Lipinski definition) is 1. The zero-order valence-corrected chi connectivity index (χ0v) is 16.6. The molecule has 5 nitrogen and oxygen atoms in total. The number of ether oxygens (including phenoxy) is 1. The summed E-state index contributed by atoms with van der Waals surface area (Å²) in [4.78, 5) is 12.0. The van der Waals surface area contributed by atoms with Crippen LogP contribution in [-0.4, -0.2) is 23.2 Å². The summed E-state index contributed by atoms with van der Waals surface area (Å²) in [6, 6.07) is 15.9. The normalized spacial score (nSPS) is 10.9. The molecule has 0 atom stereocenters. The highest BCUT2D eigenvalue weighted by Crippen LogP contribution is 2.28. The van der Waals surface area contributed by atoms with E-state index in [4.69, 9.17) is 4.74 Å². The maximum Gasteiger partial charge on any atom is 0.250 e. The average molecular weight is 398 g/mol. The van der Waals surface area contributed by atoms with Gasteiger partial charge < -0.3 is 4.74 Å². The molecule has 0 aliphatic carbocycles. The molecule has 0 fully saturated rings. The fourth-order valence-corrected chi connectivity index (χ4v) is 3.89. The summed E-state index contributed by atoms with van der Waals surface area (Å²) in [5.74, 6) is 1.36. The van der Waals surface area contributed by atoms with Gasteiger partial charge in [-0.25, -0.2) is 0 Å². The number of aryl methyl sites for hydroxylation is 1. The van der Waals surface area contributed by atoms with E-state index in [0.29, 0.717) is 5.13 Å². The zero-order chi connectivity index (χ0) is 19.1. The second-order valence-electron chi connectivity index (χ2n) is 5.74. The van der Waals surface area contributed by atoms with E-state index in [0.717, 1.165) is 21.4 Å². The Morgan fingerprint density at radius 3 is 2.59 bits per heavy atom. The van der Waals surface area contributed by atoms with Gasteiger partial charge >= 0.3 is 0 Å². The van der Waals surface area contributed by atoms with Gasteiger partial charge in [-0.15, -0.1) is 10.2 Å². The highest BCUT2D eigenvalue weighted by molar-refractivity contribution is 8.00. The van der Waals surface area contributed by atoms with Crippen molar-refractivity contribution >= 4 is 40.2 Å². The van der Waals surface area contributed by atoms with E-state index >= 15 is 0 Å². The molecule has 1 heterocycles. The van der Waals surface area contributed by atoms with Crippen molar-refractivity contribution in [2.24, 2.45) is 0 Å². The first-order valence-corrected chi connectivity index (χ1v) is 10.1. The van der Waals surface area contributed by atoms with E-state index in [-0.39, 0.29) is 5.91 Å². The summed E-state index contributed by atoms with van der Waals surface area (Å²) in [6.07, 6.45) is 3.21. The summed E-state index contributed by atoms with van der Waals surface area (Å²) in [7, 11) is 1.62. The Bertz CT molecular complexity index is 919. The number of amides is 1. The molecule has 2 aromatic carbocycles. The predicted octanol–water partition coefficient (Wildman–Crippen LogP) is 4.80. The fourth-order valence-electron chi connectivity index (χ4n) is 2.18. The highest BCUT2D eigenvalue weighted by Gasteiger charge is 2.07. The van der Waals surface area contributed by atoms with Crippen LogP contribution >= 0.6 is 23.1 Å². The van der Waals surface area contributed by atoms with Gasteiger partial charge in [-0.3, -0.25) is 10.1 Å². The van der Waals surface area contributed by atoms with E-state index in [2.05, 4.69) is 46.7 Å². The SMILES string of the molecule is COc1ccc(/C=C/C(=O)Nc2nnc(SCc3ccc(C)cc3)s2)cc1. The topological polar surface area (TPSA) is 64.1 Å². The van der Waals surface area contributed by atoms with Gasteiger partial charge in [0.25, 0.3) is 0 Å². The maximum atomic E-state index is 12.0. The second-order valence-corrected chi connectivity index (χ2v) is 7.94. The number of benzene rings is 2. The molecule has 0 aliphatic rings. The largest absolute Gasteiger partial charge is 0.497 e. The van der Waals surface area contributed by atoms with Crippen molar-refractivity contribution in [2.45, 2.75) is 17.0 Å². The third-order valence-corrected chi connectivity index (χ3v) is 5.71. The Hall–Kier alpha value is -2.64. The molecule has 3 aromatic rings. The molecule has 0 radical (unpaired) electrons. The lowest BCUT2D eigenvalue weighted by molar-refractivity contribution is -0.111. The summed E-state index contributed by atoms with van der Waals surface area (Å²) in [6.45, 7) is 2.07. The number of anilines is 1. The Balaban J connectivity index is 1.51. The molecule has 1 amide bonds. The third kappa shape index (κ3) is 5.94. The lowest BCUT2D eigenvalue weighted by atomic mass is 10.2. The van der Waals surface area contributed by atoms with Crippen molar-refractivity contribution in [3.05, 3.63) is 71.3 Å². The molecule has 1 aromatic heterocycles. The van der Waals surface area contributed by atoms with Crippen LogP contribution in [0.25, 0.3) is 6.08 Å². The van der Waals surface area contributed by atoms with Crippen LogP contribution in [0.4, 0.5) is 5.13 Å². The van der Waals surface area contributed by atoms with Gasteiger partial charge in [-0.05, 0) is 36.3 Å². The van der Waals surface area contributed by atoms with Gasteiger partial charge in [0.2, 0.25) is 11.0 Å². The number of rotatable bonds is 7. The molecule has 7 heteroatoms. The first kappa shape index (κ1) is 19.1. The number of hydrogen-bond acceptors (Lipinski definition) is 6. The average Bonchev–Trinajstić information content (AvgIpc) is 3.13. The van der Waals surface area contributed by atoms with Gasteiger partial charge in [0.1, 0.15) is 5.75 Å². The summed E-state index contributed by atoms with van der Waals surface area (Å²) < 4.78 is 5.93. The number of nitrogens with zero attached hydrogens (tertiary/aromatic N) is 2. The summed E-state index contributed by atoms with van der Waals surface area (Å²) in [5, 5.41) is 11.4. The molecule has 138 valence electrons. The quantitative estimate of drug-likeness (QED) is 0.352. The molecular formula is C20H19N3O2S2. The van der Waals surface area contributed by atoms with Gasteiger partial charge in [0.15, 0.2) is 4.34 Å². The number of carbonyl (C=O) groups is 1. The number of aromatic nitrogens is 2. The van der Waals surface area contributed by atoms with Crippen LogP contribution in [0.5, 0.6) is 5.75 Å². The van der Waals surface area contributed by atoms with Crippen LogP contribution in [0.15, 0.2) is 58.9 Å². The molecule has 0 spiro atoms. The Kier molecular flexibility index (Phi) is 6.62.